The van der Waals surface area contributed by atoms with Crippen molar-refractivity contribution in [3.05, 3.63) is 37.0 Å². The minimum atomic E-state index is -5.52. The Kier molecular flexibility index (Phi) is 18.2. The van der Waals surface area contributed by atoms with Gasteiger partial charge in [0.25, 0.3) is 0 Å². The maximum Gasteiger partial charge on any atom is 0.481 e. The van der Waals surface area contributed by atoms with Gasteiger partial charge < -0.3 is 50.9 Å². The fourth-order valence-electron chi connectivity index (χ4n) is 5.12. The van der Waals surface area contributed by atoms with Gasteiger partial charge in [0.1, 0.15) is 24.1 Å². The summed E-state index contributed by atoms with van der Waals surface area (Å²) in [6.07, 6.45) is 3.40. The number of nitrogen functional groups attached to an aromatic ring is 1. The number of amides is 2. The van der Waals surface area contributed by atoms with Gasteiger partial charge in [-0.25, -0.2) is 24.1 Å². The molecule has 0 bridgehead atoms. The first-order chi connectivity index (χ1) is 26.6. The van der Waals surface area contributed by atoms with E-state index in [-0.39, 0.29) is 41.6 Å². The Hall–Kier alpha value is -2.92. The summed E-state index contributed by atoms with van der Waals surface area (Å²) in [6.45, 7) is 2.69. The first kappa shape index (κ1) is 48.4. The summed E-state index contributed by atoms with van der Waals surface area (Å²) in [7, 11) is -15.8. The van der Waals surface area contributed by atoms with Gasteiger partial charge in [0.05, 0.1) is 31.8 Å². The van der Waals surface area contributed by atoms with Gasteiger partial charge in [-0.05, 0) is 12.5 Å². The molecule has 0 saturated carbocycles. The van der Waals surface area contributed by atoms with Crippen LogP contribution in [0.2, 0.25) is 0 Å². The summed E-state index contributed by atoms with van der Waals surface area (Å²) in [5.74, 6) is -2.52. The quantitative estimate of drug-likeness (QED) is 0.0324. The second-order valence-electron chi connectivity index (χ2n) is 13.3. The SMILES string of the molecule is CCC/C=C\C=C\C(=O)SCCNC(=O)CCNC(=O)C(O)C(C)(C)COP(=O)(O)OP(=O)(O)OC[C@H]1OC(n2cnc3c(N)ncnc32)[C@H](O)[C@@H]1CP(=O)(O)O. The number of hydrogen-bond donors (Lipinski definition) is 9. The van der Waals surface area contributed by atoms with E-state index in [0.717, 1.165) is 30.9 Å². The first-order valence-corrected chi connectivity index (χ1v) is 23.0. The molecule has 27 heteroatoms. The molecule has 1 aliphatic heterocycles. The summed E-state index contributed by atoms with van der Waals surface area (Å²) >= 11 is 1.02. The van der Waals surface area contributed by atoms with Gasteiger partial charge in [-0.2, -0.15) is 4.31 Å². The third kappa shape index (κ3) is 15.6. The second-order valence-corrected chi connectivity index (χ2v) is 19.1. The maximum absolute atomic E-state index is 12.7. The predicted octanol–water partition coefficient (Wildman–Crippen LogP) is 0.893. The number of allylic oxidation sites excluding steroid dienone is 3. The van der Waals surface area contributed by atoms with Crippen molar-refractivity contribution in [3.8, 4) is 0 Å². The smallest absolute Gasteiger partial charge is 0.388 e. The van der Waals surface area contributed by atoms with Crippen LogP contribution in [0.15, 0.2) is 37.0 Å². The zero-order chi connectivity index (χ0) is 42.6. The van der Waals surface area contributed by atoms with Crippen LogP contribution in [-0.4, -0.2) is 123 Å². The molecule has 1 saturated heterocycles. The predicted molar refractivity (Wildman–Crippen MR) is 204 cm³/mol. The number of nitrogens with two attached hydrogens (primary N) is 1. The molecule has 3 rings (SSSR count). The van der Waals surface area contributed by atoms with Gasteiger partial charge in [-0.1, -0.05) is 57.2 Å². The summed E-state index contributed by atoms with van der Waals surface area (Å²) in [6, 6.07) is 0. The Morgan fingerprint density at radius 1 is 1.07 bits per heavy atom. The molecule has 57 heavy (non-hydrogen) atoms. The number of rotatable bonds is 23. The molecule has 0 radical (unpaired) electrons. The largest absolute Gasteiger partial charge is 0.481 e. The lowest BCUT2D eigenvalue weighted by molar-refractivity contribution is -0.137. The van der Waals surface area contributed by atoms with Crippen molar-refractivity contribution in [3.63, 3.8) is 0 Å². The number of aliphatic hydroxyl groups excluding tert-OH is 2. The number of anilines is 1. The molecule has 0 aliphatic carbocycles. The Morgan fingerprint density at radius 2 is 1.77 bits per heavy atom. The number of phosphoric ester groups is 2. The van der Waals surface area contributed by atoms with Crippen molar-refractivity contribution < 1.29 is 76.0 Å². The fourth-order valence-corrected chi connectivity index (χ4v) is 8.95. The average Bonchev–Trinajstić information content (AvgIpc) is 3.68. The number of ether oxygens (including phenoxy) is 1. The normalized spacial score (nSPS) is 21.8. The minimum Gasteiger partial charge on any atom is -0.388 e. The molecule has 2 aromatic heterocycles. The van der Waals surface area contributed by atoms with Gasteiger partial charge in [0.15, 0.2) is 17.7 Å². The molecule has 1 aliphatic rings. The van der Waals surface area contributed by atoms with Crippen molar-refractivity contribution in [2.75, 3.05) is 44.0 Å². The Morgan fingerprint density at radius 3 is 2.46 bits per heavy atom. The number of hydrogen-bond acceptors (Lipinski definition) is 17. The topological polar surface area (TPSA) is 354 Å². The summed E-state index contributed by atoms with van der Waals surface area (Å²) in [4.78, 5) is 88.1. The van der Waals surface area contributed by atoms with Crippen LogP contribution in [-0.2, 0) is 46.2 Å². The highest BCUT2D eigenvalue weighted by atomic mass is 32.2. The number of aromatic nitrogens is 4. The van der Waals surface area contributed by atoms with E-state index in [9.17, 15) is 57.9 Å². The van der Waals surface area contributed by atoms with E-state index in [1.54, 1.807) is 12.2 Å². The maximum atomic E-state index is 12.7. The minimum absolute atomic E-state index is 0.0117. The molecule has 0 aromatic carbocycles. The van der Waals surface area contributed by atoms with E-state index in [1.165, 1.54) is 30.8 Å². The molecule has 4 unspecified atom stereocenters. The molecule has 3 heterocycles. The molecule has 2 aromatic rings. The van der Waals surface area contributed by atoms with E-state index in [4.69, 9.17) is 19.5 Å². The molecule has 320 valence electrons. The Labute approximate surface area is 331 Å². The van der Waals surface area contributed by atoms with Crippen molar-refractivity contribution in [1.82, 2.24) is 30.2 Å². The molecule has 1 fully saturated rings. The van der Waals surface area contributed by atoms with Crippen molar-refractivity contribution in [2.45, 2.75) is 64.6 Å². The number of aliphatic hydroxyl groups is 2. The molecule has 2 amide bonds. The fraction of sp³-hybridized carbons (Fsp3) is 0.600. The van der Waals surface area contributed by atoms with Gasteiger partial charge in [0.2, 0.25) is 16.9 Å². The summed E-state index contributed by atoms with van der Waals surface area (Å²) < 4.78 is 58.1. The number of unbranched alkanes of at least 4 members (excludes halogenated alkanes) is 1. The molecule has 7 atom stereocenters. The Balaban J connectivity index is 1.47. The van der Waals surface area contributed by atoms with Crippen molar-refractivity contribution in [2.24, 2.45) is 11.3 Å². The van der Waals surface area contributed by atoms with Crippen molar-refractivity contribution >= 4 is 68.9 Å². The monoisotopic (exact) mass is 887 g/mol. The summed E-state index contributed by atoms with van der Waals surface area (Å²) in [5.41, 5.74) is 4.39. The van der Waals surface area contributed by atoms with Crippen molar-refractivity contribution in [1.29, 1.82) is 0 Å². The van der Waals surface area contributed by atoms with Crippen LogP contribution in [0.5, 0.6) is 0 Å². The van der Waals surface area contributed by atoms with E-state index in [0.29, 0.717) is 5.75 Å². The van der Waals surface area contributed by atoms with Gasteiger partial charge in [-0.3, -0.25) is 32.6 Å². The van der Waals surface area contributed by atoms with Gasteiger partial charge >= 0.3 is 23.2 Å². The highest BCUT2D eigenvalue weighted by Gasteiger charge is 2.49. The van der Waals surface area contributed by atoms with Crippen LogP contribution in [0.25, 0.3) is 11.2 Å². The van der Waals surface area contributed by atoms with E-state index >= 15 is 0 Å². The van der Waals surface area contributed by atoms with Crippen LogP contribution in [0, 0.1) is 11.3 Å². The molecular weight excluding hydrogens is 839 g/mol. The van der Waals surface area contributed by atoms with Crippen LogP contribution in [0.3, 0.4) is 0 Å². The van der Waals surface area contributed by atoms with Crippen LogP contribution < -0.4 is 16.4 Å². The number of thioether (sulfide) groups is 1. The zero-order valence-electron chi connectivity index (χ0n) is 31.1. The Bertz CT molecular complexity index is 1910. The number of nitrogens with zero attached hydrogens (tertiary/aromatic N) is 4. The van der Waals surface area contributed by atoms with E-state index < -0.39 is 90.3 Å². The lowest BCUT2D eigenvalue weighted by Gasteiger charge is -2.30. The molecular formula is C30H48N7O16P3S. The number of imidazole rings is 1. The third-order valence-corrected chi connectivity index (χ3v) is 12.4. The van der Waals surface area contributed by atoms with Crippen LogP contribution in [0.1, 0.15) is 46.3 Å². The lowest BCUT2D eigenvalue weighted by atomic mass is 9.87. The second kappa shape index (κ2) is 21.4. The number of nitrogens with one attached hydrogen (secondary N) is 2. The van der Waals surface area contributed by atoms with E-state index in [2.05, 4.69) is 29.9 Å². The lowest BCUT2D eigenvalue weighted by Crippen LogP contribution is -2.46. The number of carbonyl (C=O) groups is 3. The third-order valence-electron chi connectivity index (χ3n) is 8.08. The van der Waals surface area contributed by atoms with E-state index in [1.807, 2.05) is 13.0 Å². The van der Waals surface area contributed by atoms with Crippen LogP contribution >= 0.6 is 35.0 Å². The number of carbonyl (C=O) groups excluding carboxylic acids is 3. The van der Waals surface area contributed by atoms with Gasteiger partial charge in [-0.15, -0.1) is 0 Å². The zero-order valence-corrected chi connectivity index (χ0v) is 34.6. The average molecular weight is 888 g/mol. The highest BCUT2D eigenvalue weighted by Crippen LogP contribution is 2.61. The number of fused-ring (bicyclic) bond motifs is 1. The highest BCUT2D eigenvalue weighted by molar-refractivity contribution is 8.14. The first-order valence-electron chi connectivity index (χ1n) is 17.3. The molecule has 10 N–H and O–H groups in total. The standard InChI is InChI=1S/C30H48N7O16P3S/c1-4-5-6-7-8-9-22(39)57-13-12-32-21(38)10-11-33-28(42)25(41)30(2,3)16-51-56(48,49)53-55(46,47)50-14-20-19(15-54(43,44)45)24(40)29(52-20)37-18-36-23-26(31)34-17-35-27(23)37/h6-9,17-20,24-25,29,40-41H,4-5,10-16H2,1-3H3,(H,32,38)(H,33,42)(H,46,47)(H,48,49)(H2,31,34,35)(H2,43,44,45)/b7-6-,9-8+/t19-,20-,24-,25?,29?/m1/s1. The summed E-state index contributed by atoms with van der Waals surface area (Å²) in [5, 5.41) is 26.3. The molecule has 0 spiro atoms. The molecule has 23 nitrogen and oxygen atoms in total. The number of phosphoric acid groups is 2. The van der Waals surface area contributed by atoms with Crippen LogP contribution in [0.4, 0.5) is 5.82 Å². The van der Waals surface area contributed by atoms with Gasteiger partial charge in [0, 0.05) is 36.6 Å².